The van der Waals surface area contributed by atoms with Gasteiger partial charge in [-0.25, -0.2) is 4.39 Å². The summed E-state index contributed by atoms with van der Waals surface area (Å²) in [5, 5.41) is 4.09. The number of hydrogen-bond acceptors (Lipinski definition) is 4. The second kappa shape index (κ2) is 10.2. The summed E-state index contributed by atoms with van der Waals surface area (Å²) in [5.74, 6) is 0.175. The summed E-state index contributed by atoms with van der Waals surface area (Å²) < 4.78 is 18.8. The topological polar surface area (TPSA) is 54.5 Å². The molecule has 1 aliphatic rings. The van der Waals surface area contributed by atoms with E-state index in [1.165, 1.54) is 30.5 Å². The molecule has 0 atom stereocenters. The highest BCUT2D eigenvalue weighted by Crippen LogP contribution is 2.26. The molecule has 5 nitrogen and oxygen atoms in total. The van der Waals surface area contributed by atoms with Crippen LogP contribution in [0.5, 0.6) is 5.75 Å². The number of aryl methyl sites for hydroxylation is 1. The molecule has 35 heavy (non-hydrogen) atoms. The molecule has 1 saturated heterocycles. The van der Waals surface area contributed by atoms with Crippen LogP contribution in [-0.2, 0) is 13.2 Å². The van der Waals surface area contributed by atoms with Crippen molar-refractivity contribution in [2.45, 2.75) is 32.9 Å². The maximum atomic E-state index is 13.0. The number of carbonyl (C=O) groups is 1. The molecule has 5 rings (SSSR count). The number of aromatic nitrogens is 1. The average Bonchev–Trinajstić information content (AvgIpc) is 3.39. The molecular formula is C29H28FN3O2. The van der Waals surface area contributed by atoms with E-state index >= 15 is 0 Å². The van der Waals surface area contributed by atoms with E-state index in [0.717, 1.165) is 47.4 Å². The zero-order chi connectivity index (χ0) is 24.2. The summed E-state index contributed by atoms with van der Waals surface area (Å²) in [6.45, 7) is 5.56. The number of halogens is 1. The van der Waals surface area contributed by atoms with Gasteiger partial charge in [-0.3, -0.25) is 14.7 Å². The molecule has 0 spiro atoms. The minimum Gasteiger partial charge on any atom is -0.489 e. The van der Waals surface area contributed by atoms with Crippen molar-refractivity contribution in [2.75, 3.05) is 18.4 Å². The van der Waals surface area contributed by atoms with Crippen LogP contribution in [0.2, 0.25) is 0 Å². The van der Waals surface area contributed by atoms with E-state index in [2.05, 4.69) is 16.3 Å². The van der Waals surface area contributed by atoms with Crippen LogP contribution >= 0.6 is 0 Å². The molecule has 178 valence electrons. The highest BCUT2D eigenvalue weighted by atomic mass is 19.1. The van der Waals surface area contributed by atoms with Crippen molar-refractivity contribution in [3.8, 4) is 5.75 Å². The molecular weight excluding hydrogens is 441 g/mol. The zero-order valence-electron chi connectivity index (χ0n) is 19.8. The first-order valence-electron chi connectivity index (χ1n) is 11.9. The Hall–Kier alpha value is -3.77. The molecule has 0 bridgehead atoms. The number of carbonyl (C=O) groups excluding carboxylic acids is 1. The molecule has 6 heteroatoms. The average molecular weight is 470 g/mol. The van der Waals surface area contributed by atoms with Gasteiger partial charge in [0, 0.05) is 29.4 Å². The van der Waals surface area contributed by atoms with Crippen molar-refractivity contribution in [3.05, 3.63) is 101 Å². The van der Waals surface area contributed by atoms with Gasteiger partial charge in [-0.2, -0.15) is 0 Å². The Balaban J connectivity index is 1.23. The summed E-state index contributed by atoms with van der Waals surface area (Å²) in [4.78, 5) is 20.0. The summed E-state index contributed by atoms with van der Waals surface area (Å²) in [6, 6.07) is 19.3. The SMILES string of the molecule is Cc1c(NC(=O)c2ccc(OCc3ccc(F)cc3)cc2)ccc2cc(CN3CCCC3)cnc12. The Kier molecular flexibility index (Phi) is 6.73. The van der Waals surface area contributed by atoms with Crippen LogP contribution in [0.15, 0.2) is 72.9 Å². The van der Waals surface area contributed by atoms with E-state index < -0.39 is 0 Å². The third kappa shape index (κ3) is 5.49. The van der Waals surface area contributed by atoms with Gasteiger partial charge in [0.1, 0.15) is 18.2 Å². The zero-order valence-corrected chi connectivity index (χ0v) is 19.8. The molecule has 1 fully saturated rings. The van der Waals surface area contributed by atoms with Crippen molar-refractivity contribution >= 4 is 22.5 Å². The second-order valence-corrected chi connectivity index (χ2v) is 9.03. The number of ether oxygens (including phenoxy) is 1. The van der Waals surface area contributed by atoms with Gasteiger partial charge < -0.3 is 10.1 Å². The van der Waals surface area contributed by atoms with E-state index in [1.807, 2.05) is 25.3 Å². The maximum absolute atomic E-state index is 13.0. The quantitative estimate of drug-likeness (QED) is 0.355. The first-order valence-corrected chi connectivity index (χ1v) is 11.9. The van der Waals surface area contributed by atoms with Crippen LogP contribution in [0.25, 0.3) is 10.9 Å². The number of benzene rings is 3. The lowest BCUT2D eigenvalue weighted by atomic mass is 10.1. The highest BCUT2D eigenvalue weighted by Gasteiger charge is 2.14. The summed E-state index contributed by atoms with van der Waals surface area (Å²) in [5.41, 5.74) is 5.22. The van der Waals surface area contributed by atoms with E-state index in [0.29, 0.717) is 17.9 Å². The number of hydrogen-bond donors (Lipinski definition) is 1. The van der Waals surface area contributed by atoms with Crippen LogP contribution < -0.4 is 10.1 Å². The van der Waals surface area contributed by atoms with E-state index in [1.54, 1.807) is 36.4 Å². The van der Waals surface area contributed by atoms with Crippen molar-refractivity contribution < 1.29 is 13.9 Å². The standard InChI is InChI=1S/C29H28FN3O2/c1-20-27(13-8-24-16-22(17-31-28(20)24)18-33-14-2-3-15-33)32-29(34)23-6-11-26(12-7-23)35-19-21-4-9-25(30)10-5-21/h4-13,16-17H,2-3,14-15,18-19H2,1H3,(H,32,34). The monoisotopic (exact) mass is 469 g/mol. The van der Waals surface area contributed by atoms with Gasteiger partial charge in [0.2, 0.25) is 0 Å². The third-order valence-electron chi connectivity index (χ3n) is 6.45. The predicted molar refractivity (Wildman–Crippen MR) is 136 cm³/mol. The number of rotatable bonds is 7. The first kappa shape index (κ1) is 23.0. The number of anilines is 1. The Morgan fingerprint density at radius 1 is 1.00 bits per heavy atom. The van der Waals surface area contributed by atoms with E-state index in [9.17, 15) is 9.18 Å². The first-order chi connectivity index (χ1) is 17.0. The normalized spacial score (nSPS) is 13.8. The van der Waals surface area contributed by atoms with Gasteiger partial charge in [-0.1, -0.05) is 18.2 Å². The molecule has 1 aromatic heterocycles. The summed E-state index contributed by atoms with van der Waals surface area (Å²) >= 11 is 0. The van der Waals surface area contributed by atoms with Crippen LogP contribution in [0.4, 0.5) is 10.1 Å². The Morgan fingerprint density at radius 3 is 2.49 bits per heavy atom. The smallest absolute Gasteiger partial charge is 0.255 e. The highest BCUT2D eigenvalue weighted by molar-refractivity contribution is 6.06. The number of nitrogens with one attached hydrogen (secondary N) is 1. The molecule has 0 radical (unpaired) electrons. The fraction of sp³-hybridized carbons (Fsp3) is 0.241. The summed E-state index contributed by atoms with van der Waals surface area (Å²) in [7, 11) is 0. The van der Waals surface area contributed by atoms with E-state index in [4.69, 9.17) is 9.72 Å². The molecule has 1 N–H and O–H groups in total. The van der Waals surface area contributed by atoms with Gasteiger partial charge in [0.05, 0.1) is 5.52 Å². The molecule has 2 heterocycles. The van der Waals surface area contributed by atoms with Crippen molar-refractivity contribution in [1.82, 2.24) is 9.88 Å². The van der Waals surface area contributed by atoms with E-state index in [-0.39, 0.29) is 11.7 Å². The molecule has 1 amide bonds. The minimum atomic E-state index is -0.274. The number of fused-ring (bicyclic) bond motifs is 1. The van der Waals surface area contributed by atoms with Gasteiger partial charge in [-0.15, -0.1) is 0 Å². The number of amides is 1. The lowest BCUT2D eigenvalue weighted by Crippen LogP contribution is -2.18. The predicted octanol–water partition coefficient (Wildman–Crippen LogP) is 6.11. The lowest BCUT2D eigenvalue weighted by molar-refractivity contribution is 0.102. The molecule has 4 aromatic rings. The molecule has 1 aliphatic heterocycles. The van der Waals surface area contributed by atoms with Crippen LogP contribution in [0, 0.1) is 12.7 Å². The Bertz CT molecular complexity index is 1330. The summed E-state index contributed by atoms with van der Waals surface area (Å²) in [6.07, 6.45) is 4.49. The molecule has 0 unspecified atom stereocenters. The van der Waals surface area contributed by atoms with Gasteiger partial charge in [-0.05, 0) is 98.1 Å². The van der Waals surface area contributed by atoms with Crippen LogP contribution in [0.1, 0.15) is 39.9 Å². The van der Waals surface area contributed by atoms with Gasteiger partial charge >= 0.3 is 0 Å². The van der Waals surface area contributed by atoms with Crippen LogP contribution in [-0.4, -0.2) is 28.9 Å². The van der Waals surface area contributed by atoms with Gasteiger partial charge in [0.25, 0.3) is 5.91 Å². The fourth-order valence-corrected chi connectivity index (χ4v) is 4.46. The number of pyridine rings is 1. The molecule has 3 aromatic carbocycles. The second-order valence-electron chi connectivity index (χ2n) is 9.03. The lowest BCUT2D eigenvalue weighted by Gasteiger charge is -2.15. The minimum absolute atomic E-state index is 0.191. The Morgan fingerprint density at radius 2 is 1.74 bits per heavy atom. The van der Waals surface area contributed by atoms with Crippen molar-refractivity contribution in [2.24, 2.45) is 0 Å². The number of nitrogens with zero attached hydrogens (tertiary/aromatic N) is 2. The Labute approximate surface area is 204 Å². The largest absolute Gasteiger partial charge is 0.489 e. The molecule has 0 saturated carbocycles. The molecule has 0 aliphatic carbocycles. The third-order valence-corrected chi connectivity index (χ3v) is 6.45. The van der Waals surface area contributed by atoms with Gasteiger partial charge in [0.15, 0.2) is 0 Å². The fourth-order valence-electron chi connectivity index (χ4n) is 4.46. The van der Waals surface area contributed by atoms with Crippen LogP contribution in [0.3, 0.4) is 0 Å². The maximum Gasteiger partial charge on any atom is 0.255 e. The van der Waals surface area contributed by atoms with Crippen molar-refractivity contribution in [3.63, 3.8) is 0 Å². The number of likely N-dealkylation sites (tertiary alicyclic amines) is 1. The van der Waals surface area contributed by atoms with Crippen molar-refractivity contribution in [1.29, 1.82) is 0 Å².